The third-order valence-corrected chi connectivity index (χ3v) is 6.97. The topological polar surface area (TPSA) is 88.3 Å². The Kier molecular flexibility index (Phi) is 5.56. The molecule has 0 saturated carbocycles. The van der Waals surface area contributed by atoms with E-state index in [4.69, 9.17) is 21.3 Å². The van der Waals surface area contributed by atoms with E-state index >= 15 is 0 Å². The molecular weight excluding hydrogens is 416 g/mol. The number of nitrogens with one attached hydrogen (secondary N) is 1. The fourth-order valence-electron chi connectivity index (χ4n) is 4.60. The van der Waals surface area contributed by atoms with Gasteiger partial charge in [-0.1, -0.05) is 11.6 Å². The first-order chi connectivity index (χ1) is 15.0. The number of anilines is 2. The van der Waals surface area contributed by atoms with Gasteiger partial charge in [0.15, 0.2) is 0 Å². The van der Waals surface area contributed by atoms with Crippen molar-refractivity contribution in [2.24, 2.45) is 7.05 Å². The molecule has 4 heterocycles. The van der Waals surface area contributed by atoms with Gasteiger partial charge in [-0.15, -0.1) is 0 Å². The van der Waals surface area contributed by atoms with Crippen LogP contribution in [0.5, 0.6) is 0 Å². The van der Waals surface area contributed by atoms with E-state index in [2.05, 4.69) is 26.4 Å². The number of rotatable bonds is 4. The monoisotopic (exact) mass is 442 g/mol. The van der Waals surface area contributed by atoms with Crippen LogP contribution >= 0.6 is 11.6 Å². The first-order valence-electron chi connectivity index (χ1n) is 10.7. The van der Waals surface area contributed by atoms with Gasteiger partial charge in [-0.05, 0) is 56.5 Å². The Bertz CT molecular complexity index is 1100. The summed E-state index contributed by atoms with van der Waals surface area (Å²) in [5.41, 5.74) is 3.92. The SMILES string of the molecule is Cc1c(Nc2ncc3cc(Cl)c(C4CCN(C5COCC5O)CC4)cc3n2)cnn1C. The smallest absolute Gasteiger partial charge is 0.227 e. The molecule has 2 N–H and O–H groups in total. The summed E-state index contributed by atoms with van der Waals surface area (Å²) < 4.78 is 7.24. The van der Waals surface area contributed by atoms with Gasteiger partial charge in [0.1, 0.15) is 0 Å². The molecule has 2 saturated heterocycles. The number of ether oxygens (including phenoxy) is 1. The van der Waals surface area contributed by atoms with Crippen LogP contribution in [0.1, 0.15) is 30.0 Å². The zero-order valence-corrected chi connectivity index (χ0v) is 18.5. The quantitative estimate of drug-likeness (QED) is 0.642. The molecule has 2 unspecified atom stereocenters. The van der Waals surface area contributed by atoms with Gasteiger partial charge in [0, 0.05) is 23.7 Å². The summed E-state index contributed by atoms with van der Waals surface area (Å²) in [5, 5.41) is 19.3. The van der Waals surface area contributed by atoms with Crippen LogP contribution in [0, 0.1) is 6.92 Å². The van der Waals surface area contributed by atoms with E-state index in [0.29, 0.717) is 25.1 Å². The fourth-order valence-corrected chi connectivity index (χ4v) is 4.93. The summed E-state index contributed by atoms with van der Waals surface area (Å²) in [7, 11) is 1.90. The van der Waals surface area contributed by atoms with Gasteiger partial charge < -0.3 is 15.2 Å². The molecule has 8 nitrogen and oxygen atoms in total. The lowest BCUT2D eigenvalue weighted by molar-refractivity contribution is 0.0663. The highest BCUT2D eigenvalue weighted by Crippen LogP contribution is 2.36. The number of aromatic nitrogens is 4. The molecule has 2 atom stereocenters. The number of halogens is 1. The Morgan fingerprint density at radius 3 is 2.68 bits per heavy atom. The van der Waals surface area contributed by atoms with Crippen LogP contribution in [-0.2, 0) is 11.8 Å². The number of aliphatic hydroxyl groups is 1. The van der Waals surface area contributed by atoms with Gasteiger partial charge in [-0.25, -0.2) is 9.97 Å². The average Bonchev–Trinajstić information content (AvgIpc) is 3.34. The van der Waals surface area contributed by atoms with Crippen molar-refractivity contribution in [1.29, 1.82) is 0 Å². The zero-order chi connectivity index (χ0) is 21.5. The third-order valence-electron chi connectivity index (χ3n) is 6.64. The number of aliphatic hydroxyl groups excluding tert-OH is 1. The Labute approximate surface area is 186 Å². The second-order valence-corrected chi connectivity index (χ2v) is 8.91. The molecule has 2 aliphatic heterocycles. The van der Waals surface area contributed by atoms with Gasteiger partial charge in [-0.2, -0.15) is 5.10 Å². The first kappa shape index (κ1) is 20.6. The summed E-state index contributed by atoms with van der Waals surface area (Å²) >= 11 is 6.66. The van der Waals surface area contributed by atoms with E-state index in [-0.39, 0.29) is 12.1 Å². The number of benzene rings is 1. The zero-order valence-electron chi connectivity index (χ0n) is 17.8. The highest BCUT2D eigenvalue weighted by molar-refractivity contribution is 6.32. The maximum Gasteiger partial charge on any atom is 0.227 e. The van der Waals surface area contributed by atoms with Crippen LogP contribution in [0.3, 0.4) is 0 Å². The number of piperidine rings is 1. The maximum atomic E-state index is 10.1. The largest absolute Gasteiger partial charge is 0.389 e. The van der Waals surface area contributed by atoms with E-state index in [0.717, 1.165) is 58.8 Å². The second kappa shape index (κ2) is 8.35. The van der Waals surface area contributed by atoms with Crippen LogP contribution in [0.15, 0.2) is 24.5 Å². The molecule has 0 radical (unpaired) electrons. The van der Waals surface area contributed by atoms with E-state index in [1.165, 1.54) is 0 Å². The van der Waals surface area contributed by atoms with Crippen LogP contribution < -0.4 is 5.32 Å². The molecule has 2 fully saturated rings. The Morgan fingerprint density at radius 1 is 1.19 bits per heavy atom. The summed E-state index contributed by atoms with van der Waals surface area (Å²) in [6.45, 7) is 4.92. The molecule has 0 amide bonds. The van der Waals surface area contributed by atoms with Crippen molar-refractivity contribution in [3.05, 3.63) is 40.8 Å². The van der Waals surface area contributed by atoms with E-state index < -0.39 is 0 Å². The van der Waals surface area contributed by atoms with Gasteiger partial charge in [0.25, 0.3) is 0 Å². The van der Waals surface area contributed by atoms with Gasteiger partial charge in [0.2, 0.25) is 5.95 Å². The summed E-state index contributed by atoms with van der Waals surface area (Å²) in [6.07, 6.45) is 5.19. The van der Waals surface area contributed by atoms with E-state index in [9.17, 15) is 5.11 Å². The molecule has 1 aromatic carbocycles. The van der Waals surface area contributed by atoms with Crippen molar-refractivity contribution >= 4 is 34.1 Å². The van der Waals surface area contributed by atoms with Crippen LogP contribution in [0.4, 0.5) is 11.6 Å². The molecule has 5 rings (SSSR count). The highest BCUT2D eigenvalue weighted by Gasteiger charge is 2.34. The second-order valence-electron chi connectivity index (χ2n) is 8.50. The molecule has 2 aliphatic rings. The van der Waals surface area contributed by atoms with Crippen molar-refractivity contribution in [3.63, 3.8) is 0 Å². The average molecular weight is 443 g/mol. The van der Waals surface area contributed by atoms with E-state index in [1.54, 1.807) is 12.4 Å². The molecule has 3 aromatic rings. The maximum absolute atomic E-state index is 10.1. The fraction of sp³-hybridized carbons (Fsp3) is 0.500. The summed E-state index contributed by atoms with van der Waals surface area (Å²) in [4.78, 5) is 11.5. The summed E-state index contributed by atoms with van der Waals surface area (Å²) in [5.74, 6) is 0.918. The van der Waals surface area contributed by atoms with E-state index in [1.807, 2.05) is 24.7 Å². The number of nitrogens with zero attached hydrogens (tertiary/aromatic N) is 5. The summed E-state index contributed by atoms with van der Waals surface area (Å²) in [6, 6.07) is 4.19. The van der Waals surface area contributed by atoms with Crippen molar-refractivity contribution in [2.75, 3.05) is 31.6 Å². The predicted molar refractivity (Wildman–Crippen MR) is 120 cm³/mol. The van der Waals surface area contributed by atoms with Gasteiger partial charge in [-0.3, -0.25) is 9.58 Å². The van der Waals surface area contributed by atoms with Crippen molar-refractivity contribution in [3.8, 4) is 0 Å². The number of hydrogen-bond acceptors (Lipinski definition) is 7. The molecule has 0 spiro atoms. The Hall–Kier alpha value is -2.26. The minimum atomic E-state index is -0.383. The van der Waals surface area contributed by atoms with Crippen molar-refractivity contribution < 1.29 is 9.84 Å². The molecule has 31 heavy (non-hydrogen) atoms. The van der Waals surface area contributed by atoms with Crippen LogP contribution in [0.25, 0.3) is 10.9 Å². The standard InChI is InChI=1S/C22H27ClN6O2/c1-13-19(10-25-28(13)2)27-22-24-9-15-7-17(23)16(8-18(15)26-22)14-3-5-29(6-4-14)20-11-31-12-21(20)30/h7-10,14,20-21,30H,3-6,11-12H2,1-2H3,(H,24,26,27). The number of aryl methyl sites for hydroxylation is 1. The molecular formula is C22H27ClN6O2. The minimum Gasteiger partial charge on any atom is -0.389 e. The molecule has 0 aliphatic carbocycles. The van der Waals surface area contributed by atoms with Crippen molar-refractivity contribution in [1.82, 2.24) is 24.6 Å². The lowest BCUT2D eigenvalue weighted by Gasteiger charge is -2.36. The predicted octanol–water partition coefficient (Wildman–Crippen LogP) is 3.01. The highest BCUT2D eigenvalue weighted by atomic mass is 35.5. The van der Waals surface area contributed by atoms with Gasteiger partial charge in [0.05, 0.1) is 48.5 Å². The van der Waals surface area contributed by atoms with Gasteiger partial charge >= 0.3 is 0 Å². The van der Waals surface area contributed by atoms with Crippen molar-refractivity contribution in [2.45, 2.75) is 37.8 Å². The first-order valence-corrected chi connectivity index (χ1v) is 11.1. The molecule has 0 bridgehead atoms. The normalized spacial score (nSPS) is 23.0. The van der Waals surface area contributed by atoms with Crippen LogP contribution in [-0.4, -0.2) is 68.2 Å². The Morgan fingerprint density at radius 2 is 2.00 bits per heavy atom. The lowest BCUT2D eigenvalue weighted by atomic mass is 9.88. The number of likely N-dealkylation sites (tertiary alicyclic amines) is 1. The lowest BCUT2D eigenvalue weighted by Crippen LogP contribution is -2.46. The minimum absolute atomic E-state index is 0.116. The van der Waals surface area contributed by atoms with Crippen LogP contribution in [0.2, 0.25) is 5.02 Å². The third kappa shape index (κ3) is 4.01. The molecule has 9 heteroatoms. The molecule has 164 valence electrons. The number of hydrogen-bond donors (Lipinski definition) is 2. The number of fused-ring (bicyclic) bond motifs is 1. The molecule has 2 aromatic heterocycles. The Balaban J connectivity index is 1.35.